The molecule has 24 heavy (non-hydrogen) atoms. The minimum Gasteiger partial charge on any atom is -0.286 e. The lowest BCUT2D eigenvalue weighted by molar-refractivity contribution is 0.478. The van der Waals surface area contributed by atoms with Gasteiger partial charge in [-0.15, -0.1) is 0 Å². The van der Waals surface area contributed by atoms with Crippen LogP contribution in [0.4, 0.5) is 0 Å². The maximum atomic E-state index is 10.5. The van der Waals surface area contributed by atoms with Gasteiger partial charge in [-0.2, -0.15) is 16.8 Å². The Hall–Kier alpha value is -0.440. The Kier molecular flexibility index (Phi) is 13.6. The fourth-order valence-electron chi connectivity index (χ4n) is 2.50. The Morgan fingerprint density at radius 3 is 1.33 bits per heavy atom. The van der Waals surface area contributed by atoms with E-state index in [9.17, 15) is 16.8 Å². The number of rotatable bonds is 16. The Labute approximate surface area is 147 Å². The lowest BCUT2D eigenvalue weighted by Crippen LogP contribution is -2.03. The Balaban J connectivity index is 3.19. The van der Waals surface area contributed by atoms with Crippen LogP contribution in [0.15, 0.2) is 11.5 Å². The van der Waals surface area contributed by atoms with Gasteiger partial charge in [0.1, 0.15) is 0 Å². The van der Waals surface area contributed by atoms with E-state index < -0.39 is 20.2 Å². The summed E-state index contributed by atoms with van der Waals surface area (Å²) >= 11 is 0. The second-order valence-electron chi connectivity index (χ2n) is 6.20. The molecule has 0 bridgehead atoms. The van der Waals surface area contributed by atoms with Crippen LogP contribution >= 0.6 is 0 Å². The highest BCUT2D eigenvalue weighted by Crippen LogP contribution is 2.13. The molecule has 0 saturated heterocycles. The molecule has 8 heteroatoms. The van der Waals surface area contributed by atoms with E-state index in [0.29, 0.717) is 12.8 Å². The van der Waals surface area contributed by atoms with Gasteiger partial charge >= 0.3 is 0 Å². The summed E-state index contributed by atoms with van der Waals surface area (Å²) in [5.74, 6) is -0.126. The molecule has 0 unspecified atom stereocenters. The van der Waals surface area contributed by atoms with E-state index in [2.05, 4.69) is 0 Å². The zero-order chi connectivity index (χ0) is 18.3. The van der Waals surface area contributed by atoms with Crippen molar-refractivity contribution in [3.8, 4) is 0 Å². The molecule has 0 saturated carbocycles. The van der Waals surface area contributed by atoms with Crippen LogP contribution in [0.5, 0.6) is 0 Å². The molecule has 0 radical (unpaired) electrons. The standard InChI is InChI=1S/C16H32O6S2/c17-23(18,19)15-13-11-9-7-5-3-1-2-4-6-8-10-12-14-16-24(20,21)22/h13,15H,1-12,14,16H2,(H,17,18,19)(H,20,21,22). The summed E-state index contributed by atoms with van der Waals surface area (Å²) in [5.41, 5.74) is 0. The highest BCUT2D eigenvalue weighted by Gasteiger charge is 2.02. The summed E-state index contributed by atoms with van der Waals surface area (Å²) in [4.78, 5) is 0. The molecule has 2 N–H and O–H groups in total. The van der Waals surface area contributed by atoms with Crippen molar-refractivity contribution < 1.29 is 25.9 Å². The van der Waals surface area contributed by atoms with Crippen molar-refractivity contribution in [2.45, 2.75) is 83.5 Å². The summed E-state index contributed by atoms with van der Waals surface area (Å²) < 4.78 is 59.0. The van der Waals surface area contributed by atoms with E-state index in [1.165, 1.54) is 38.2 Å². The second kappa shape index (κ2) is 13.8. The lowest BCUT2D eigenvalue weighted by atomic mass is 10.0. The van der Waals surface area contributed by atoms with Crippen LogP contribution in [-0.2, 0) is 20.2 Å². The van der Waals surface area contributed by atoms with Gasteiger partial charge in [-0.3, -0.25) is 9.11 Å². The van der Waals surface area contributed by atoms with Crippen LogP contribution in [0, 0.1) is 0 Å². The Morgan fingerprint density at radius 2 is 0.958 bits per heavy atom. The van der Waals surface area contributed by atoms with Crippen LogP contribution in [0.2, 0.25) is 0 Å². The third kappa shape index (κ3) is 21.6. The average Bonchev–Trinajstić information content (AvgIpc) is 2.44. The first kappa shape index (κ1) is 23.6. The first-order chi connectivity index (χ1) is 11.2. The molecule has 6 nitrogen and oxygen atoms in total. The minimum absolute atomic E-state index is 0.126. The van der Waals surface area contributed by atoms with Gasteiger partial charge in [0.25, 0.3) is 20.2 Å². The van der Waals surface area contributed by atoms with E-state index in [1.54, 1.807) is 0 Å². The predicted octanol–water partition coefficient (Wildman–Crippen LogP) is 4.35. The molecule has 144 valence electrons. The molecule has 0 aliphatic rings. The van der Waals surface area contributed by atoms with Gasteiger partial charge < -0.3 is 0 Å². The van der Waals surface area contributed by atoms with Crippen LogP contribution in [0.1, 0.15) is 83.5 Å². The van der Waals surface area contributed by atoms with Crippen molar-refractivity contribution >= 4 is 20.2 Å². The van der Waals surface area contributed by atoms with E-state index in [0.717, 1.165) is 43.9 Å². The molecular weight excluding hydrogens is 352 g/mol. The van der Waals surface area contributed by atoms with Crippen LogP contribution in [0.3, 0.4) is 0 Å². The maximum Gasteiger partial charge on any atom is 0.287 e. The van der Waals surface area contributed by atoms with Gasteiger partial charge in [0.15, 0.2) is 0 Å². The van der Waals surface area contributed by atoms with Gasteiger partial charge in [0.05, 0.1) is 11.2 Å². The van der Waals surface area contributed by atoms with Gasteiger partial charge in [-0.25, -0.2) is 0 Å². The normalized spacial score (nSPS) is 12.9. The number of hydrogen-bond donors (Lipinski definition) is 2. The average molecular weight is 385 g/mol. The van der Waals surface area contributed by atoms with E-state index >= 15 is 0 Å². The van der Waals surface area contributed by atoms with Crippen molar-refractivity contribution in [1.29, 1.82) is 0 Å². The molecular formula is C16H32O6S2. The molecule has 0 aliphatic heterocycles. The Bertz CT molecular complexity index is 523. The highest BCUT2D eigenvalue weighted by atomic mass is 32.2. The second-order valence-corrected chi connectivity index (χ2v) is 9.08. The zero-order valence-corrected chi connectivity index (χ0v) is 16.0. The summed E-state index contributed by atoms with van der Waals surface area (Å²) in [7, 11) is -7.76. The monoisotopic (exact) mass is 384 g/mol. The SMILES string of the molecule is O=S(=O)(O)C=CCCCCCCCCCCCCCCS(=O)(=O)O. The summed E-state index contributed by atoms with van der Waals surface area (Å²) in [5, 5.41) is 0.843. The molecule has 0 aromatic carbocycles. The topological polar surface area (TPSA) is 109 Å². The quantitative estimate of drug-likeness (QED) is 0.302. The van der Waals surface area contributed by atoms with Crippen molar-refractivity contribution in [3.63, 3.8) is 0 Å². The van der Waals surface area contributed by atoms with E-state index in [4.69, 9.17) is 9.11 Å². The van der Waals surface area contributed by atoms with Crippen molar-refractivity contribution in [2.24, 2.45) is 0 Å². The fourth-order valence-corrected chi connectivity index (χ4v) is 3.45. The van der Waals surface area contributed by atoms with E-state index in [1.807, 2.05) is 0 Å². The number of hydrogen-bond acceptors (Lipinski definition) is 4. The molecule has 0 atom stereocenters. The summed E-state index contributed by atoms with van der Waals surface area (Å²) in [6.07, 6.45) is 14.9. The smallest absolute Gasteiger partial charge is 0.286 e. The first-order valence-electron chi connectivity index (χ1n) is 8.80. The van der Waals surface area contributed by atoms with Crippen LogP contribution in [0.25, 0.3) is 0 Å². The lowest BCUT2D eigenvalue weighted by Gasteiger charge is -2.02. The van der Waals surface area contributed by atoms with Crippen molar-refractivity contribution in [2.75, 3.05) is 5.75 Å². The van der Waals surface area contributed by atoms with Gasteiger partial charge in [0.2, 0.25) is 0 Å². The van der Waals surface area contributed by atoms with Gasteiger partial charge in [-0.05, 0) is 19.3 Å². The van der Waals surface area contributed by atoms with Crippen molar-refractivity contribution in [1.82, 2.24) is 0 Å². The first-order valence-corrected chi connectivity index (χ1v) is 11.9. The van der Waals surface area contributed by atoms with Crippen molar-refractivity contribution in [3.05, 3.63) is 11.5 Å². The molecule has 0 rings (SSSR count). The zero-order valence-electron chi connectivity index (χ0n) is 14.4. The molecule has 0 aliphatic carbocycles. The maximum absolute atomic E-state index is 10.5. The third-order valence-electron chi connectivity index (χ3n) is 3.79. The third-order valence-corrected chi connectivity index (χ3v) is 5.13. The highest BCUT2D eigenvalue weighted by molar-refractivity contribution is 7.88. The molecule has 0 heterocycles. The molecule has 0 fully saturated rings. The number of unbranched alkanes of at least 4 members (excludes halogenated alkanes) is 12. The summed E-state index contributed by atoms with van der Waals surface area (Å²) in [6, 6.07) is 0. The Morgan fingerprint density at radius 1 is 0.583 bits per heavy atom. The molecule has 0 aromatic heterocycles. The largest absolute Gasteiger partial charge is 0.287 e. The summed E-state index contributed by atoms with van der Waals surface area (Å²) in [6.45, 7) is 0. The van der Waals surface area contributed by atoms with E-state index in [-0.39, 0.29) is 5.75 Å². The molecule has 0 aromatic rings. The molecule has 0 amide bonds. The minimum atomic E-state index is -3.97. The predicted molar refractivity (Wildman–Crippen MR) is 97.1 cm³/mol. The molecule has 0 spiro atoms. The van der Waals surface area contributed by atoms with Gasteiger partial charge in [-0.1, -0.05) is 70.3 Å². The van der Waals surface area contributed by atoms with Crippen LogP contribution in [-0.4, -0.2) is 31.7 Å². The number of allylic oxidation sites excluding steroid dienone is 1. The van der Waals surface area contributed by atoms with Gasteiger partial charge in [0, 0.05) is 0 Å². The van der Waals surface area contributed by atoms with Crippen LogP contribution < -0.4 is 0 Å². The fraction of sp³-hybridized carbons (Fsp3) is 0.875.